The van der Waals surface area contributed by atoms with Gasteiger partial charge in [-0.25, -0.2) is 4.79 Å². The summed E-state index contributed by atoms with van der Waals surface area (Å²) in [7, 11) is 2.01. The highest BCUT2D eigenvalue weighted by molar-refractivity contribution is 6.01. The van der Waals surface area contributed by atoms with Crippen LogP contribution in [0.1, 0.15) is 57.6 Å². The number of anilines is 1. The zero-order valence-electron chi connectivity index (χ0n) is 29.6. The number of hydrogen-bond donors (Lipinski definition) is 0. The zero-order valence-corrected chi connectivity index (χ0v) is 29.6. The van der Waals surface area contributed by atoms with Crippen molar-refractivity contribution >= 4 is 22.7 Å². The Balaban J connectivity index is 1.19. The minimum absolute atomic E-state index is 0.0228. The van der Waals surface area contributed by atoms with Gasteiger partial charge in [0.25, 0.3) is 0 Å². The maximum atomic E-state index is 13.1. The van der Waals surface area contributed by atoms with Gasteiger partial charge >= 0.3 is 6.09 Å². The number of piperidine rings is 2. The van der Waals surface area contributed by atoms with E-state index >= 15 is 0 Å². The molecule has 0 N–H and O–H groups in total. The minimum atomic E-state index is -0.509. The Labute approximate surface area is 294 Å². The van der Waals surface area contributed by atoms with Crippen LogP contribution in [0.25, 0.3) is 22.2 Å². The lowest BCUT2D eigenvalue weighted by Crippen LogP contribution is -2.54. The lowest BCUT2D eigenvalue weighted by atomic mass is 9.73. The molecule has 1 spiro atoms. The van der Waals surface area contributed by atoms with E-state index in [1.165, 1.54) is 0 Å². The summed E-state index contributed by atoms with van der Waals surface area (Å²) in [5.74, 6) is 0.972. The van der Waals surface area contributed by atoms with Gasteiger partial charge in [0.05, 0.1) is 16.8 Å². The molecule has 50 heavy (non-hydrogen) atoms. The Bertz CT molecular complexity index is 1930. The number of aromatic nitrogens is 3. The van der Waals surface area contributed by atoms with Crippen molar-refractivity contribution in [3.05, 3.63) is 102 Å². The van der Waals surface area contributed by atoms with Crippen molar-refractivity contribution in [3.8, 4) is 23.0 Å². The number of para-hydroxylation sites is 1. The monoisotopic (exact) mass is 673 g/mol. The third-order valence-electron chi connectivity index (χ3n) is 9.70. The van der Waals surface area contributed by atoms with Gasteiger partial charge in [0.15, 0.2) is 0 Å². The van der Waals surface area contributed by atoms with Crippen LogP contribution in [0.2, 0.25) is 0 Å². The fraction of sp³-hybridized carbons (Fsp3) is 0.390. The van der Waals surface area contributed by atoms with E-state index in [-0.39, 0.29) is 11.5 Å². The standard InChI is InChI=1S/C41H47N5O4/c1-40(2,3)50-39(47)46-25-13-23-41(29-46)22-12-24-45(28-41)34-19-11-18-32-36(43-44(4)37(32)34)33-20-21-35(48-26-30-14-7-5-8-15-30)42-38(33)49-27-31-16-9-6-10-17-31/h5-11,14-21H,12-13,22-29H2,1-4H3. The SMILES string of the molecule is Cn1nc(-c2ccc(OCc3ccccc3)nc2OCc2ccccc2)c2cccc(N3CCCC4(CCCN(C(=O)OC(C)(C)C)C4)C3)c21. The highest BCUT2D eigenvalue weighted by Crippen LogP contribution is 2.43. The van der Waals surface area contributed by atoms with Crippen molar-refractivity contribution in [2.75, 3.05) is 31.1 Å². The molecule has 2 aromatic heterocycles. The molecule has 1 unspecified atom stereocenters. The molecule has 3 aromatic carbocycles. The number of nitrogens with zero attached hydrogens (tertiary/aromatic N) is 5. The number of ether oxygens (including phenoxy) is 3. The van der Waals surface area contributed by atoms with Crippen LogP contribution in [-0.4, -0.2) is 57.5 Å². The second-order valence-electron chi connectivity index (χ2n) is 14.7. The summed E-state index contributed by atoms with van der Waals surface area (Å²) in [6.07, 6.45) is 4.04. The summed E-state index contributed by atoms with van der Waals surface area (Å²) in [5, 5.41) is 6.12. The molecule has 0 bridgehead atoms. The van der Waals surface area contributed by atoms with Gasteiger partial charge in [-0.1, -0.05) is 72.8 Å². The number of likely N-dealkylation sites (tertiary alicyclic amines) is 1. The smallest absolute Gasteiger partial charge is 0.410 e. The van der Waals surface area contributed by atoms with Gasteiger partial charge in [0.2, 0.25) is 11.8 Å². The maximum Gasteiger partial charge on any atom is 0.410 e. The largest absolute Gasteiger partial charge is 0.473 e. The van der Waals surface area contributed by atoms with E-state index < -0.39 is 5.60 Å². The molecular formula is C41H47N5O4. The quantitative estimate of drug-likeness (QED) is 0.164. The van der Waals surface area contributed by atoms with E-state index in [0.29, 0.717) is 25.0 Å². The summed E-state index contributed by atoms with van der Waals surface area (Å²) < 4.78 is 20.3. The average Bonchev–Trinajstić information content (AvgIpc) is 3.46. The number of aryl methyl sites for hydroxylation is 1. The molecule has 260 valence electrons. The molecule has 0 radical (unpaired) electrons. The lowest BCUT2D eigenvalue weighted by molar-refractivity contribution is 0.00153. The molecule has 2 saturated heterocycles. The first-order valence-corrected chi connectivity index (χ1v) is 17.7. The van der Waals surface area contributed by atoms with Gasteiger partial charge in [0, 0.05) is 50.1 Å². The van der Waals surface area contributed by atoms with Gasteiger partial charge in [-0.2, -0.15) is 10.1 Å². The molecule has 0 saturated carbocycles. The number of fused-ring (bicyclic) bond motifs is 1. The predicted molar refractivity (Wildman–Crippen MR) is 196 cm³/mol. The number of pyridine rings is 1. The second kappa shape index (κ2) is 14.1. The fourth-order valence-electron chi connectivity index (χ4n) is 7.46. The van der Waals surface area contributed by atoms with Gasteiger partial charge < -0.3 is 24.0 Å². The Morgan fingerprint density at radius 3 is 2.18 bits per heavy atom. The first kappa shape index (κ1) is 33.4. The van der Waals surface area contributed by atoms with E-state index in [9.17, 15) is 4.79 Å². The van der Waals surface area contributed by atoms with E-state index in [4.69, 9.17) is 24.3 Å². The average molecular weight is 674 g/mol. The molecule has 1 atom stereocenters. The molecule has 0 aliphatic carbocycles. The number of carbonyl (C=O) groups excluding carboxylic acids is 1. The van der Waals surface area contributed by atoms with Gasteiger partial charge in [-0.3, -0.25) is 4.68 Å². The van der Waals surface area contributed by atoms with Crippen LogP contribution < -0.4 is 14.4 Å². The molecule has 9 heteroatoms. The molecule has 7 rings (SSSR count). The first-order chi connectivity index (χ1) is 24.2. The van der Waals surface area contributed by atoms with Crippen LogP contribution in [0, 0.1) is 5.41 Å². The Morgan fingerprint density at radius 1 is 0.800 bits per heavy atom. The van der Waals surface area contributed by atoms with Gasteiger partial charge in [0.1, 0.15) is 24.5 Å². The van der Waals surface area contributed by atoms with Gasteiger partial charge in [-0.05, 0) is 69.7 Å². The van der Waals surface area contributed by atoms with Crippen LogP contribution in [0.5, 0.6) is 11.8 Å². The van der Waals surface area contributed by atoms with Crippen molar-refractivity contribution < 1.29 is 19.0 Å². The molecule has 5 aromatic rings. The molecule has 2 aliphatic rings. The molecule has 9 nitrogen and oxygen atoms in total. The summed E-state index contributed by atoms with van der Waals surface area (Å²) in [6, 6.07) is 30.5. The molecule has 4 heterocycles. The topological polar surface area (TPSA) is 82.0 Å². The summed E-state index contributed by atoms with van der Waals surface area (Å²) >= 11 is 0. The van der Waals surface area contributed by atoms with Crippen molar-refractivity contribution in [3.63, 3.8) is 0 Å². The van der Waals surface area contributed by atoms with E-state index in [0.717, 1.165) is 90.8 Å². The van der Waals surface area contributed by atoms with Crippen molar-refractivity contribution in [1.82, 2.24) is 19.7 Å². The van der Waals surface area contributed by atoms with Crippen LogP contribution in [0.15, 0.2) is 91.0 Å². The second-order valence-corrected chi connectivity index (χ2v) is 14.7. The van der Waals surface area contributed by atoms with Crippen molar-refractivity contribution in [1.29, 1.82) is 0 Å². The van der Waals surface area contributed by atoms with E-state index in [1.807, 2.05) is 110 Å². The number of hydrogen-bond acceptors (Lipinski definition) is 7. The lowest BCUT2D eigenvalue weighted by Gasteiger charge is -2.49. The van der Waals surface area contributed by atoms with Crippen LogP contribution in [-0.2, 0) is 25.0 Å². The highest BCUT2D eigenvalue weighted by atomic mass is 16.6. The zero-order chi connectivity index (χ0) is 34.7. The Hall–Kier alpha value is -5.05. The third-order valence-corrected chi connectivity index (χ3v) is 9.70. The maximum absolute atomic E-state index is 13.1. The number of benzene rings is 3. The van der Waals surface area contributed by atoms with E-state index in [2.05, 4.69) is 23.1 Å². The van der Waals surface area contributed by atoms with Crippen LogP contribution in [0.4, 0.5) is 10.5 Å². The normalized spacial score (nSPS) is 18.0. The van der Waals surface area contributed by atoms with E-state index in [1.54, 1.807) is 0 Å². The number of rotatable bonds is 8. The highest BCUT2D eigenvalue weighted by Gasteiger charge is 2.42. The number of carbonyl (C=O) groups is 1. The minimum Gasteiger partial charge on any atom is -0.473 e. The first-order valence-electron chi connectivity index (χ1n) is 17.7. The van der Waals surface area contributed by atoms with Crippen LogP contribution >= 0.6 is 0 Å². The Kier molecular flexibility index (Phi) is 9.40. The predicted octanol–water partition coefficient (Wildman–Crippen LogP) is 8.41. The summed E-state index contributed by atoms with van der Waals surface area (Å²) in [6.45, 7) is 9.87. The summed E-state index contributed by atoms with van der Waals surface area (Å²) in [4.78, 5) is 22.4. The van der Waals surface area contributed by atoms with Crippen LogP contribution in [0.3, 0.4) is 0 Å². The number of amides is 1. The third kappa shape index (κ3) is 7.42. The fourth-order valence-corrected chi connectivity index (χ4v) is 7.46. The molecule has 2 fully saturated rings. The van der Waals surface area contributed by atoms with Crippen molar-refractivity contribution in [2.45, 2.75) is 65.3 Å². The molecule has 1 amide bonds. The van der Waals surface area contributed by atoms with Gasteiger partial charge in [-0.15, -0.1) is 0 Å². The summed E-state index contributed by atoms with van der Waals surface area (Å²) in [5.41, 5.74) is 5.48. The molecular weight excluding hydrogens is 626 g/mol. The molecule has 2 aliphatic heterocycles. The Morgan fingerprint density at radius 2 is 1.48 bits per heavy atom. The van der Waals surface area contributed by atoms with Crippen molar-refractivity contribution in [2.24, 2.45) is 12.5 Å².